The number of benzene rings is 1. The van der Waals surface area contributed by atoms with Crippen LogP contribution in [0.5, 0.6) is 0 Å². The van der Waals surface area contributed by atoms with E-state index in [4.69, 9.17) is 10.6 Å². The highest BCUT2D eigenvalue weighted by atomic mass is 16.6. The van der Waals surface area contributed by atoms with E-state index in [1.165, 1.54) is 6.07 Å². The summed E-state index contributed by atoms with van der Waals surface area (Å²) in [4.78, 5) is 12.6. The number of rotatable bonds is 3. The van der Waals surface area contributed by atoms with Gasteiger partial charge in [-0.1, -0.05) is 0 Å². The summed E-state index contributed by atoms with van der Waals surface area (Å²) < 4.78 is 5.64. The zero-order valence-corrected chi connectivity index (χ0v) is 11.0. The Kier molecular flexibility index (Phi) is 3.59. The molecule has 1 aliphatic rings. The second-order valence-corrected chi connectivity index (χ2v) is 5.17. The number of nitrogen functional groups attached to an aromatic ring is 1. The molecule has 0 radical (unpaired) electrons. The topological polar surface area (TPSA) is 93.7 Å². The number of nitrogens with zero attached hydrogens (tertiary/aromatic N) is 2. The van der Waals surface area contributed by atoms with E-state index < -0.39 is 4.92 Å². The summed E-state index contributed by atoms with van der Waals surface area (Å²) in [6.45, 7) is 5.98. The molecule has 0 amide bonds. The number of nitrogens with one attached hydrogen (secondary N) is 1. The number of hydrazine groups is 1. The molecule has 0 atom stereocenters. The molecule has 1 heterocycles. The van der Waals surface area contributed by atoms with Gasteiger partial charge in [-0.25, -0.2) is 0 Å². The van der Waals surface area contributed by atoms with Gasteiger partial charge >= 0.3 is 0 Å². The Labute approximate surface area is 111 Å². The molecule has 2 rings (SSSR count). The predicted molar refractivity (Wildman–Crippen MR) is 73.2 cm³/mol. The van der Waals surface area contributed by atoms with Crippen molar-refractivity contribution in [1.82, 2.24) is 0 Å². The van der Waals surface area contributed by atoms with Crippen LogP contribution in [0.15, 0.2) is 18.2 Å². The van der Waals surface area contributed by atoms with Crippen molar-refractivity contribution in [2.45, 2.75) is 19.4 Å². The van der Waals surface area contributed by atoms with E-state index in [-0.39, 0.29) is 11.3 Å². The number of nitrogens with two attached hydrogens (primary N) is 1. The van der Waals surface area contributed by atoms with Gasteiger partial charge in [-0.15, -0.1) is 0 Å². The first-order valence-corrected chi connectivity index (χ1v) is 6.06. The fraction of sp³-hybridized carbons (Fsp3) is 0.500. The molecule has 7 heteroatoms. The van der Waals surface area contributed by atoms with Crippen molar-refractivity contribution in [3.05, 3.63) is 28.3 Å². The average Bonchev–Trinajstić information content (AvgIpc) is 2.37. The molecule has 1 aromatic carbocycles. The summed E-state index contributed by atoms with van der Waals surface area (Å²) in [5, 5.41) is 10.9. The molecule has 0 unspecified atom stereocenters. The van der Waals surface area contributed by atoms with E-state index >= 15 is 0 Å². The first-order chi connectivity index (χ1) is 8.91. The number of non-ortho nitro benzene ring substituents is 1. The maximum atomic E-state index is 10.9. The third-order valence-electron chi connectivity index (χ3n) is 3.07. The van der Waals surface area contributed by atoms with Crippen molar-refractivity contribution >= 4 is 17.1 Å². The molecule has 1 saturated heterocycles. The molecule has 0 aromatic heterocycles. The molecule has 104 valence electrons. The standard InChI is InChI=1S/C12H18N4O3/c1-12(2)8-15(3-4-19-12)10-5-9(14-13)6-11(7-10)16(17)18/h5-7,14H,3-4,8,13H2,1-2H3. The van der Waals surface area contributed by atoms with Gasteiger partial charge in [0.15, 0.2) is 0 Å². The van der Waals surface area contributed by atoms with Gasteiger partial charge in [0.2, 0.25) is 0 Å². The third-order valence-corrected chi connectivity index (χ3v) is 3.07. The Morgan fingerprint density at radius 2 is 2.21 bits per heavy atom. The summed E-state index contributed by atoms with van der Waals surface area (Å²) in [5.41, 5.74) is 3.52. The first kappa shape index (κ1) is 13.6. The van der Waals surface area contributed by atoms with E-state index in [1.807, 2.05) is 13.8 Å². The van der Waals surface area contributed by atoms with Crippen LogP contribution in [0, 0.1) is 10.1 Å². The second-order valence-electron chi connectivity index (χ2n) is 5.17. The Bertz CT molecular complexity index is 490. The van der Waals surface area contributed by atoms with Crippen LogP contribution in [-0.4, -0.2) is 30.2 Å². The van der Waals surface area contributed by atoms with Crippen LogP contribution in [0.3, 0.4) is 0 Å². The maximum absolute atomic E-state index is 10.9. The predicted octanol–water partition coefficient (Wildman–Crippen LogP) is 1.50. The van der Waals surface area contributed by atoms with Crippen LogP contribution in [0.25, 0.3) is 0 Å². The van der Waals surface area contributed by atoms with Crippen molar-refractivity contribution in [2.24, 2.45) is 5.84 Å². The van der Waals surface area contributed by atoms with Crippen molar-refractivity contribution in [3.8, 4) is 0 Å². The van der Waals surface area contributed by atoms with E-state index in [9.17, 15) is 10.1 Å². The molecule has 0 aliphatic carbocycles. The highest BCUT2D eigenvalue weighted by Gasteiger charge is 2.28. The molecule has 1 fully saturated rings. The zero-order valence-electron chi connectivity index (χ0n) is 11.0. The summed E-state index contributed by atoms with van der Waals surface area (Å²) in [6.07, 6.45) is 0. The Morgan fingerprint density at radius 1 is 1.47 bits per heavy atom. The smallest absolute Gasteiger partial charge is 0.273 e. The number of anilines is 2. The van der Waals surface area contributed by atoms with Crippen molar-refractivity contribution in [1.29, 1.82) is 0 Å². The lowest BCUT2D eigenvalue weighted by molar-refractivity contribution is -0.384. The monoisotopic (exact) mass is 266 g/mol. The summed E-state index contributed by atoms with van der Waals surface area (Å²) >= 11 is 0. The van der Waals surface area contributed by atoms with Crippen molar-refractivity contribution in [2.75, 3.05) is 30.0 Å². The SMILES string of the molecule is CC1(C)CN(c2cc(NN)cc([N+](=O)[O-])c2)CCO1. The first-order valence-electron chi connectivity index (χ1n) is 6.06. The third kappa shape index (κ3) is 3.12. The highest BCUT2D eigenvalue weighted by molar-refractivity contribution is 5.64. The number of hydrogen-bond donors (Lipinski definition) is 2. The number of nitro benzene ring substituents is 1. The Morgan fingerprint density at radius 3 is 2.79 bits per heavy atom. The summed E-state index contributed by atoms with van der Waals surface area (Å²) in [5.74, 6) is 5.35. The van der Waals surface area contributed by atoms with Crippen LogP contribution in [0.1, 0.15) is 13.8 Å². The number of ether oxygens (including phenoxy) is 1. The van der Waals surface area contributed by atoms with Crippen molar-refractivity contribution < 1.29 is 9.66 Å². The summed E-state index contributed by atoms with van der Waals surface area (Å²) in [7, 11) is 0. The lowest BCUT2D eigenvalue weighted by atomic mass is 10.1. The van der Waals surface area contributed by atoms with Gasteiger partial charge in [-0.3, -0.25) is 16.0 Å². The van der Waals surface area contributed by atoms with Gasteiger partial charge in [0, 0.05) is 30.9 Å². The summed E-state index contributed by atoms with van der Waals surface area (Å²) in [6, 6.07) is 4.77. The van der Waals surface area contributed by atoms with Gasteiger partial charge in [0.05, 0.1) is 22.8 Å². The normalized spacial score (nSPS) is 18.2. The van der Waals surface area contributed by atoms with E-state index in [0.717, 1.165) is 5.69 Å². The number of nitro groups is 1. The van der Waals surface area contributed by atoms with Crippen LogP contribution < -0.4 is 16.2 Å². The van der Waals surface area contributed by atoms with Crippen LogP contribution >= 0.6 is 0 Å². The minimum Gasteiger partial charge on any atom is -0.372 e. The minimum absolute atomic E-state index is 0.0229. The zero-order chi connectivity index (χ0) is 14.0. The lowest BCUT2D eigenvalue weighted by Crippen LogP contribution is -2.48. The maximum Gasteiger partial charge on any atom is 0.273 e. The van der Waals surface area contributed by atoms with E-state index in [2.05, 4.69) is 10.3 Å². The molecule has 0 bridgehead atoms. The largest absolute Gasteiger partial charge is 0.372 e. The van der Waals surface area contributed by atoms with Gasteiger partial charge in [0.1, 0.15) is 0 Å². The number of hydrogen-bond acceptors (Lipinski definition) is 6. The minimum atomic E-state index is -0.421. The van der Waals surface area contributed by atoms with E-state index in [0.29, 0.717) is 25.4 Å². The Balaban J connectivity index is 2.33. The quantitative estimate of drug-likeness (QED) is 0.489. The fourth-order valence-corrected chi connectivity index (χ4v) is 2.20. The van der Waals surface area contributed by atoms with Gasteiger partial charge in [-0.2, -0.15) is 0 Å². The van der Waals surface area contributed by atoms with Crippen LogP contribution in [0.4, 0.5) is 17.1 Å². The van der Waals surface area contributed by atoms with Gasteiger partial charge < -0.3 is 15.1 Å². The van der Waals surface area contributed by atoms with Gasteiger partial charge in [0.25, 0.3) is 5.69 Å². The molecule has 0 spiro atoms. The highest BCUT2D eigenvalue weighted by Crippen LogP contribution is 2.29. The lowest BCUT2D eigenvalue weighted by Gasteiger charge is -2.39. The molecular weight excluding hydrogens is 248 g/mol. The molecule has 1 aromatic rings. The van der Waals surface area contributed by atoms with Crippen LogP contribution in [0.2, 0.25) is 0 Å². The molecular formula is C12H18N4O3. The number of morpholine rings is 1. The van der Waals surface area contributed by atoms with E-state index in [1.54, 1.807) is 12.1 Å². The molecule has 19 heavy (non-hydrogen) atoms. The van der Waals surface area contributed by atoms with Crippen LogP contribution in [-0.2, 0) is 4.74 Å². The second kappa shape index (κ2) is 5.02. The molecule has 7 nitrogen and oxygen atoms in total. The molecule has 0 saturated carbocycles. The molecule has 1 aliphatic heterocycles. The van der Waals surface area contributed by atoms with Gasteiger partial charge in [-0.05, 0) is 19.9 Å². The average molecular weight is 266 g/mol. The molecule has 3 N–H and O–H groups in total. The Hall–Kier alpha value is -1.86. The fourth-order valence-electron chi connectivity index (χ4n) is 2.20. The van der Waals surface area contributed by atoms with Crippen molar-refractivity contribution in [3.63, 3.8) is 0 Å².